The third kappa shape index (κ3) is 4.92. The Hall–Kier alpha value is -0.290. The molecule has 0 saturated heterocycles. The second kappa shape index (κ2) is 8.88. The monoisotopic (exact) mass is 316 g/mol. The third-order valence-electron chi connectivity index (χ3n) is 4.14. The van der Waals surface area contributed by atoms with Crippen LogP contribution in [0.2, 0.25) is 0 Å². The van der Waals surface area contributed by atoms with Crippen LogP contribution in [-0.4, -0.2) is 28.4 Å². The Morgan fingerprint density at radius 2 is 1.95 bits per heavy atom. The first kappa shape index (κ1) is 17.8. The number of rotatable bonds is 7. The van der Waals surface area contributed by atoms with Crippen molar-refractivity contribution >= 4 is 34.9 Å². The molecule has 3 nitrogen and oxygen atoms in total. The normalized spacial score (nSPS) is 19.9. The Kier molecular flexibility index (Phi) is 7.88. The summed E-state index contributed by atoms with van der Waals surface area (Å²) in [6.07, 6.45) is 7.07. The summed E-state index contributed by atoms with van der Waals surface area (Å²) in [7, 11) is 0. The standard InChI is InChI=1S/C15H28N2OS2/c1-3-20-11-8-12(2)17-14(18)15(13(16)19)9-6-4-5-7-10-15/h12H,3-11H2,1-2H3,(H2,16,19)(H,17,18). The molecule has 1 fully saturated rings. The number of nitrogens with two attached hydrogens (primary N) is 1. The second-order valence-corrected chi connectivity index (χ2v) is 7.55. The van der Waals surface area contributed by atoms with Gasteiger partial charge in [0.25, 0.3) is 0 Å². The number of carbonyl (C=O) groups excluding carboxylic acids is 1. The van der Waals surface area contributed by atoms with Crippen LogP contribution in [0.4, 0.5) is 0 Å². The van der Waals surface area contributed by atoms with Gasteiger partial charge < -0.3 is 11.1 Å². The SMILES string of the molecule is CCSCCC(C)NC(=O)C1(C(N)=S)CCCCCC1. The van der Waals surface area contributed by atoms with Gasteiger partial charge in [0.05, 0.1) is 10.4 Å². The van der Waals surface area contributed by atoms with Gasteiger partial charge in [0.1, 0.15) is 0 Å². The molecule has 0 aliphatic heterocycles. The van der Waals surface area contributed by atoms with E-state index in [4.69, 9.17) is 18.0 Å². The molecule has 1 aliphatic carbocycles. The molecule has 0 radical (unpaired) electrons. The zero-order chi connectivity index (χ0) is 15.0. The van der Waals surface area contributed by atoms with Gasteiger partial charge in [0.2, 0.25) is 5.91 Å². The van der Waals surface area contributed by atoms with Crippen molar-refractivity contribution in [2.45, 2.75) is 64.8 Å². The highest BCUT2D eigenvalue weighted by molar-refractivity contribution is 7.99. The van der Waals surface area contributed by atoms with Gasteiger partial charge in [0, 0.05) is 6.04 Å². The van der Waals surface area contributed by atoms with E-state index in [2.05, 4.69) is 19.2 Å². The zero-order valence-electron chi connectivity index (χ0n) is 12.7. The molecule has 3 N–H and O–H groups in total. The van der Waals surface area contributed by atoms with Crippen LogP contribution >= 0.6 is 24.0 Å². The predicted octanol–water partition coefficient (Wildman–Crippen LogP) is 3.26. The predicted molar refractivity (Wildman–Crippen MR) is 92.1 cm³/mol. The first-order valence-corrected chi connectivity index (χ1v) is 9.28. The van der Waals surface area contributed by atoms with Crippen molar-refractivity contribution in [3.63, 3.8) is 0 Å². The molecule has 1 unspecified atom stereocenters. The topological polar surface area (TPSA) is 55.1 Å². The molecule has 0 spiro atoms. The van der Waals surface area contributed by atoms with Crippen molar-refractivity contribution in [3.05, 3.63) is 0 Å². The Morgan fingerprint density at radius 3 is 2.45 bits per heavy atom. The molecule has 0 aromatic heterocycles. The molecule has 1 saturated carbocycles. The molecular formula is C15H28N2OS2. The van der Waals surface area contributed by atoms with Crippen LogP contribution in [0.3, 0.4) is 0 Å². The van der Waals surface area contributed by atoms with Gasteiger partial charge in [-0.05, 0) is 37.7 Å². The lowest BCUT2D eigenvalue weighted by Crippen LogP contribution is -2.51. The summed E-state index contributed by atoms with van der Waals surface area (Å²) in [5.41, 5.74) is 5.34. The van der Waals surface area contributed by atoms with E-state index in [0.717, 1.165) is 43.6 Å². The molecule has 116 valence electrons. The van der Waals surface area contributed by atoms with Crippen LogP contribution in [0, 0.1) is 5.41 Å². The van der Waals surface area contributed by atoms with Crippen molar-refractivity contribution in [3.8, 4) is 0 Å². The van der Waals surface area contributed by atoms with Gasteiger partial charge in [-0.1, -0.05) is 44.8 Å². The molecule has 0 aromatic carbocycles. The molecule has 0 bridgehead atoms. The Bertz CT molecular complexity index is 326. The summed E-state index contributed by atoms with van der Waals surface area (Å²) in [6, 6.07) is 0.191. The van der Waals surface area contributed by atoms with E-state index in [-0.39, 0.29) is 11.9 Å². The highest BCUT2D eigenvalue weighted by Gasteiger charge is 2.41. The molecule has 5 heteroatoms. The van der Waals surface area contributed by atoms with E-state index in [0.29, 0.717) is 4.99 Å². The van der Waals surface area contributed by atoms with E-state index in [1.807, 2.05) is 11.8 Å². The molecule has 1 aliphatic rings. The lowest BCUT2D eigenvalue weighted by molar-refractivity contribution is -0.128. The summed E-state index contributed by atoms with van der Waals surface area (Å²) in [5.74, 6) is 2.26. The van der Waals surface area contributed by atoms with Gasteiger partial charge in [-0.2, -0.15) is 11.8 Å². The van der Waals surface area contributed by atoms with Gasteiger partial charge in [0.15, 0.2) is 0 Å². The first-order chi connectivity index (χ1) is 9.53. The fraction of sp³-hybridized carbons (Fsp3) is 0.867. The van der Waals surface area contributed by atoms with E-state index < -0.39 is 5.41 Å². The number of hydrogen-bond acceptors (Lipinski definition) is 3. The van der Waals surface area contributed by atoms with E-state index in [1.165, 1.54) is 12.8 Å². The van der Waals surface area contributed by atoms with Crippen LogP contribution in [0.25, 0.3) is 0 Å². The van der Waals surface area contributed by atoms with Crippen molar-refractivity contribution in [2.75, 3.05) is 11.5 Å². The number of nitrogens with one attached hydrogen (secondary N) is 1. The van der Waals surface area contributed by atoms with Gasteiger partial charge in [-0.15, -0.1) is 0 Å². The Morgan fingerprint density at radius 1 is 1.35 bits per heavy atom. The summed E-state index contributed by atoms with van der Waals surface area (Å²) in [6.45, 7) is 4.22. The van der Waals surface area contributed by atoms with Crippen molar-refractivity contribution in [1.29, 1.82) is 0 Å². The third-order valence-corrected chi connectivity index (χ3v) is 5.46. The number of amides is 1. The number of carbonyl (C=O) groups is 1. The minimum absolute atomic E-state index is 0.0564. The minimum atomic E-state index is -0.599. The lowest BCUT2D eigenvalue weighted by atomic mass is 9.79. The average Bonchev–Trinajstić information content (AvgIpc) is 2.65. The Balaban J connectivity index is 2.62. The summed E-state index contributed by atoms with van der Waals surface area (Å²) in [4.78, 5) is 13.1. The van der Waals surface area contributed by atoms with Crippen LogP contribution in [-0.2, 0) is 4.79 Å². The molecule has 1 amide bonds. The molecular weight excluding hydrogens is 288 g/mol. The minimum Gasteiger partial charge on any atom is -0.392 e. The average molecular weight is 317 g/mol. The molecule has 1 rings (SSSR count). The smallest absolute Gasteiger partial charge is 0.233 e. The molecule has 0 aromatic rings. The summed E-state index contributed by atoms with van der Waals surface area (Å²) < 4.78 is 0. The highest BCUT2D eigenvalue weighted by atomic mass is 32.2. The van der Waals surface area contributed by atoms with E-state index in [9.17, 15) is 4.79 Å². The maximum atomic E-state index is 12.7. The van der Waals surface area contributed by atoms with Crippen LogP contribution in [0.1, 0.15) is 58.8 Å². The molecule has 20 heavy (non-hydrogen) atoms. The highest BCUT2D eigenvalue weighted by Crippen LogP contribution is 2.36. The zero-order valence-corrected chi connectivity index (χ0v) is 14.4. The fourth-order valence-corrected chi connectivity index (χ4v) is 3.86. The van der Waals surface area contributed by atoms with Crippen molar-refractivity contribution in [1.82, 2.24) is 5.32 Å². The van der Waals surface area contributed by atoms with Crippen LogP contribution in [0.15, 0.2) is 0 Å². The number of thiocarbonyl (C=S) groups is 1. The maximum absolute atomic E-state index is 12.7. The largest absolute Gasteiger partial charge is 0.392 e. The van der Waals surface area contributed by atoms with E-state index in [1.54, 1.807) is 0 Å². The Labute approximate surface area is 132 Å². The molecule has 1 atom stereocenters. The summed E-state index contributed by atoms with van der Waals surface area (Å²) in [5, 5.41) is 3.14. The van der Waals surface area contributed by atoms with Crippen LogP contribution < -0.4 is 11.1 Å². The van der Waals surface area contributed by atoms with Gasteiger partial charge >= 0.3 is 0 Å². The van der Waals surface area contributed by atoms with Crippen molar-refractivity contribution in [2.24, 2.45) is 11.1 Å². The molecule has 0 heterocycles. The van der Waals surface area contributed by atoms with Crippen molar-refractivity contribution < 1.29 is 4.79 Å². The number of thioether (sulfide) groups is 1. The maximum Gasteiger partial charge on any atom is 0.233 e. The quantitative estimate of drug-likeness (QED) is 0.430. The van der Waals surface area contributed by atoms with E-state index >= 15 is 0 Å². The second-order valence-electron chi connectivity index (χ2n) is 5.72. The summed E-state index contributed by atoms with van der Waals surface area (Å²) >= 11 is 7.14. The lowest BCUT2D eigenvalue weighted by Gasteiger charge is -2.31. The number of hydrogen-bond donors (Lipinski definition) is 2. The van der Waals surface area contributed by atoms with Gasteiger partial charge in [-0.3, -0.25) is 4.79 Å². The fourth-order valence-electron chi connectivity index (χ4n) is 2.76. The first-order valence-electron chi connectivity index (χ1n) is 7.71. The van der Waals surface area contributed by atoms with Crippen LogP contribution in [0.5, 0.6) is 0 Å². The van der Waals surface area contributed by atoms with Gasteiger partial charge in [-0.25, -0.2) is 0 Å².